The summed E-state index contributed by atoms with van der Waals surface area (Å²) < 4.78 is 11.5. The van der Waals surface area contributed by atoms with Crippen LogP contribution in [0, 0.1) is 65.1 Å². The summed E-state index contributed by atoms with van der Waals surface area (Å²) in [5, 5.41) is 18.4. The van der Waals surface area contributed by atoms with Gasteiger partial charge in [0.15, 0.2) is 0 Å². The predicted octanol–water partition coefficient (Wildman–Crippen LogP) is 8.19. The van der Waals surface area contributed by atoms with E-state index in [2.05, 4.69) is 37.5 Å². The number of ether oxygens (including phenoxy) is 2. The maximum atomic E-state index is 9.47. The van der Waals surface area contributed by atoms with E-state index in [0.717, 1.165) is 24.7 Å². The number of aliphatic hydroxyl groups excluding tert-OH is 2. The van der Waals surface area contributed by atoms with Crippen LogP contribution in [0.25, 0.3) is 0 Å². The molecule has 4 heteroatoms. The molecule has 0 saturated heterocycles. The first kappa shape index (κ1) is 35.4. The lowest BCUT2D eigenvalue weighted by Crippen LogP contribution is -2.28. The maximum Gasteiger partial charge on any atom is 0.100 e. The van der Waals surface area contributed by atoms with E-state index in [9.17, 15) is 5.11 Å². The highest BCUT2D eigenvalue weighted by molar-refractivity contribution is 5.14. The summed E-state index contributed by atoms with van der Waals surface area (Å²) in [5.74, 6) is 19.3. The molecule has 0 aliphatic heterocycles. The minimum Gasteiger partial charge on any atom is -0.394 e. The van der Waals surface area contributed by atoms with Gasteiger partial charge in [-0.25, -0.2) is 0 Å². The van der Waals surface area contributed by atoms with Crippen molar-refractivity contribution in [2.75, 3.05) is 33.0 Å². The number of unbranched alkanes of at least 4 members (excludes halogenated alkanes) is 4. The molecule has 4 unspecified atom stereocenters. The Labute approximate surface area is 259 Å². The molecule has 0 spiro atoms. The number of aliphatic hydroxyl groups is 2. The Morgan fingerprint density at radius 1 is 0.643 bits per heavy atom. The Morgan fingerprint density at radius 3 is 1.74 bits per heavy atom. The fourth-order valence-corrected chi connectivity index (χ4v) is 7.41. The van der Waals surface area contributed by atoms with E-state index in [1.165, 1.54) is 109 Å². The topological polar surface area (TPSA) is 58.9 Å². The Balaban J connectivity index is 1.47. The molecule has 0 radical (unpaired) electrons. The van der Waals surface area contributed by atoms with Crippen LogP contribution in [-0.4, -0.2) is 49.4 Å². The highest BCUT2D eigenvalue weighted by atomic mass is 16.5. The molecule has 0 aromatic rings. The van der Waals surface area contributed by atoms with Gasteiger partial charge in [0.25, 0.3) is 0 Å². The van der Waals surface area contributed by atoms with Crippen molar-refractivity contribution in [2.45, 2.75) is 142 Å². The molecule has 4 nitrogen and oxygen atoms in total. The molecule has 3 fully saturated rings. The van der Waals surface area contributed by atoms with Crippen molar-refractivity contribution >= 4 is 0 Å². The van der Waals surface area contributed by atoms with Crippen LogP contribution >= 0.6 is 0 Å². The van der Waals surface area contributed by atoms with Crippen molar-refractivity contribution in [1.29, 1.82) is 0 Å². The monoisotopic (exact) mass is 584 g/mol. The van der Waals surface area contributed by atoms with Crippen molar-refractivity contribution < 1.29 is 19.7 Å². The maximum absolute atomic E-state index is 9.47. The molecule has 3 saturated carbocycles. The lowest BCUT2D eigenvalue weighted by Gasteiger charge is -2.32. The number of hydrogen-bond acceptors (Lipinski definition) is 4. The number of rotatable bonds is 16. The van der Waals surface area contributed by atoms with Crippen LogP contribution in [0.5, 0.6) is 0 Å². The van der Waals surface area contributed by atoms with Gasteiger partial charge < -0.3 is 19.7 Å². The average molecular weight is 585 g/mol. The van der Waals surface area contributed by atoms with Crippen LogP contribution in [0.15, 0.2) is 0 Å². The molecule has 2 N–H and O–H groups in total. The summed E-state index contributed by atoms with van der Waals surface area (Å²) in [7, 11) is 0. The Bertz CT molecular complexity index is 802. The van der Waals surface area contributed by atoms with Gasteiger partial charge in [-0.2, -0.15) is 0 Å². The van der Waals surface area contributed by atoms with E-state index in [-0.39, 0.29) is 13.2 Å². The summed E-state index contributed by atoms with van der Waals surface area (Å²) in [6.45, 7) is 6.12. The highest BCUT2D eigenvalue weighted by Crippen LogP contribution is 2.36. The van der Waals surface area contributed by atoms with Gasteiger partial charge in [-0.1, -0.05) is 88.9 Å². The van der Waals surface area contributed by atoms with Gasteiger partial charge >= 0.3 is 0 Å². The number of hydrogen-bond donors (Lipinski definition) is 2. The SMILES string of the molecule is CCCCCC1CCC(C#CC2CCC(C#CC3CCC(CCCCC)CC3)C(COCCOCC(O)CO)C2)CC1. The van der Waals surface area contributed by atoms with Gasteiger partial charge in [-0.15, -0.1) is 0 Å². The van der Waals surface area contributed by atoms with Crippen molar-refractivity contribution in [1.82, 2.24) is 0 Å². The third-order valence-corrected chi connectivity index (χ3v) is 10.3. The molecular formula is C38H64O4. The molecule has 0 aromatic heterocycles. The molecule has 0 amide bonds. The summed E-state index contributed by atoms with van der Waals surface area (Å²) in [5.41, 5.74) is 0. The highest BCUT2D eigenvalue weighted by Gasteiger charge is 2.30. The van der Waals surface area contributed by atoms with E-state index < -0.39 is 6.10 Å². The summed E-state index contributed by atoms with van der Waals surface area (Å²) in [4.78, 5) is 0. The molecular weight excluding hydrogens is 520 g/mol. The van der Waals surface area contributed by atoms with Crippen LogP contribution < -0.4 is 0 Å². The minimum absolute atomic E-state index is 0.149. The van der Waals surface area contributed by atoms with Crippen molar-refractivity contribution in [2.24, 2.45) is 41.4 Å². The normalized spacial score (nSPS) is 30.5. The molecule has 0 heterocycles. The quantitative estimate of drug-likeness (QED) is 0.142. The van der Waals surface area contributed by atoms with Crippen LogP contribution in [0.4, 0.5) is 0 Å². The molecule has 42 heavy (non-hydrogen) atoms. The van der Waals surface area contributed by atoms with Gasteiger partial charge in [-0.05, 0) is 88.4 Å². The third-order valence-electron chi connectivity index (χ3n) is 10.3. The molecule has 4 atom stereocenters. The zero-order valence-electron chi connectivity index (χ0n) is 27.3. The standard InChI is InChI=1S/C38H64O4/c1-3-5-7-9-31-11-15-33(16-12-31)19-20-35-22-24-36(37(27-35)29-41-25-26-42-30-38(40)28-39)23-21-34-17-13-32(14-18-34)10-8-6-4-2/h31-40H,3-18,22,24-30H2,1-2H3. The molecule has 3 aliphatic rings. The van der Waals surface area contributed by atoms with E-state index in [1.807, 2.05) is 0 Å². The van der Waals surface area contributed by atoms with Crippen LogP contribution in [0.1, 0.15) is 136 Å². The lowest BCUT2D eigenvalue weighted by atomic mass is 9.73. The molecule has 3 aliphatic carbocycles. The Morgan fingerprint density at radius 2 is 1.17 bits per heavy atom. The molecule has 240 valence electrons. The van der Waals surface area contributed by atoms with Crippen LogP contribution in [0.3, 0.4) is 0 Å². The molecule has 3 rings (SSSR count). The summed E-state index contributed by atoms with van der Waals surface area (Å²) in [6, 6.07) is 0. The largest absolute Gasteiger partial charge is 0.394 e. The third kappa shape index (κ3) is 14.2. The lowest BCUT2D eigenvalue weighted by molar-refractivity contribution is -0.0229. The predicted molar refractivity (Wildman–Crippen MR) is 174 cm³/mol. The van der Waals surface area contributed by atoms with Gasteiger partial charge in [0, 0.05) is 23.7 Å². The fraction of sp³-hybridized carbons (Fsp3) is 0.895. The zero-order valence-corrected chi connectivity index (χ0v) is 27.3. The summed E-state index contributed by atoms with van der Waals surface area (Å²) in [6.07, 6.45) is 24.3. The first-order chi connectivity index (χ1) is 20.6. The van der Waals surface area contributed by atoms with Gasteiger partial charge in [0.2, 0.25) is 0 Å². The van der Waals surface area contributed by atoms with E-state index in [4.69, 9.17) is 14.6 Å². The van der Waals surface area contributed by atoms with Crippen molar-refractivity contribution in [3.05, 3.63) is 0 Å². The first-order valence-electron chi connectivity index (χ1n) is 18.1. The minimum atomic E-state index is -0.815. The second-order valence-corrected chi connectivity index (χ2v) is 13.9. The second-order valence-electron chi connectivity index (χ2n) is 13.9. The van der Waals surface area contributed by atoms with Crippen LogP contribution in [0.2, 0.25) is 0 Å². The average Bonchev–Trinajstić information content (AvgIpc) is 3.02. The fourth-order valence-electron chi connectivity index (χ4n) is 7.41. The van der Waals surface area contributed by atoms with Crippen molar-refractivity contribution in [3.63, 3.8) is 0 Å². The Kier molecular flexibility index (Phi) is 18.2. The second kappa shape index (κ2) is 21.6. The van der Waals surface area contributed by atoms with E-state index in [1.54, 1.807) is 0 Å². The molecule has 0 aromatic carbocycles. The zero-order chi connectivity index (χ0) is 29.8. The first-order valence-corrected chi connectivity index (χ1v) is 18.1. The Hall–Kier alpha value is -1.04. The van der Waals surface area contributed by atoms with E-state index in [0.29, 0.717) is 49.4 Å². The summed E-state index contributed by atoms with van der Waals surface area (Å²) >= 11 is 0. The van der Waals surface area contributed by atoms with Crippen molar-refractivity contribution in [3.8, 4) is 23.7 Å². The van der Waals surface area contributed by atoms with Crippen LogP contribution in [-0.2, 0) is 9.47 Å². The van der Waals surface area contributed by atoms with E-state index >= 15 is 0 Å². The molecule has 0 bridgehead atoms. The van der Waals surface area contributed by atoms with Gasteiger partial charge in [-0.3, -0.25) is 0 Å². The smallest absolute Gasteiger partial charge is 0.100 e. The van der Waals surface area contributed by atoms with Gasteiger partial charge in [0.1, 0.15) is 6.10 Å². The van der Waals surface area contributed by atoms with Gasteiger partial charge in [0.05, 0.1) is 33.0 Å².